The minimum atomic E-state index is 0.197. The van der Waals surface area contributed by atoms with Crippen LogP contribution in [0.2, 0.25) is 0 Å². The molecule has 0 heterocycles. The summed E-state index contributed by atoms with van der Waals surface area (Å²) in [7, 11) is 3.77. The van der Waals surface area contributed by atoms with Gasteiger partial charge in [-0.25, -0.2) is 0 Å². The molecule has 1 atom stereocenters. The lowest BCUT2D eigenvalue weighted by Gasteiger charge is -2.19. The normalized spacial score (nSPS) is 18.8. The van der Waals surface area contributed by atoms with Gasteiger partial charge in [0.2, 0.25) is 0 Å². The Bertz CT molecular complexity index is 155. The summed E-state index contributed by atoms with van der Waals surface area (Å²) >= 11 is 0. The van der Waals surface area contributed by atoms with Gasteiger partial charge in [0, 0.05) is 12.7 Å². The number of ether oxygens (including phenoxy) is 1. The largest absolute Gasteiger partial charge is 0.390 e. The van der Waals surface area contributed by atoms with Crippen molar-refractivity contribution in [2.45, 2.75) is 18.9 Å². The third-order valence-corrected chi connectivity index (χ3v) is 2.12. The Hall–Kier alpha value is -0.540. The van der Waals surface area contributed by atoms with E-state index in [4.69, 9.17) is 4.74 Å². The molecule has 0 aromatic heterocycles. The Labute approximate surface area is 74.2 Å². The average Bonchev–Trinajstić information content (AvgIpc) is 2.88. The van der Waals surface area contributed by atoms with Gasteiger partial charge >= 0.3 is 0 Å². The molecule has 12 heavy (non-hydrogen) atoms. The molecule has 0 aromatic carbocycles. The van der Waals surface area contributed by atoms with Crippen LogP contribution in [0.5, 0.6) is 0 Å². The Morgan fingerprint density at radius 3 is 2.67 bits per heavy atom. The molecule has 0 aliphatic heterocycles. The van der Waals surface area contributed by atoms with E-state index in [1.165, 1.54) is 12.8 Å². The number of hydrogen-bond acceptors (Lipinski definition) is 3. The first-order valence-electron chi connectivity index (χ1n) is 4.42. The van der Waals surface area contributed by atoms with Crippen molar-refractivity contribution in [1.82, 2.24) is 10.6 Å². The molecule has 3 nitrogen and oxygen atoms in total. The van der Waals surface area contributed by atoms with E-state index in [0.717, 1.165) is 5.70 Å². The smallest absolute Gasteiger partial charge is 0.101 e. The lowest BCUT2D eigenvalue weighted by Crippen LogP contribution is -2.28. The zero-order valence-corrected chi connectivity index (χ0v) is 7.89. The van der Waals surface area contributed by atoms with E-state index in [-0.39, 0.29) is 6.10 Å². The molecule has 2 N–H and O–H groups in total. The molecule has 1 saturated carbocycles. The van der Waals surface area contributed by atoms with Gasteiger partial charge < -0.3 is 10.1 Å². The Kier molecular flexibility index (Phi) is 3.56. The van der Waals surface area contributed by atoms with E-state index in [0.29, 0.717) is 12.6 Å². The van der Waals surface area contributed by atoms with Crippen molar-refractivity contribution in [2.24, 2.45) is 5.92 Å². The predicted molar refractivity (Wildman–Crippen MR) is 49.7 cm³/mol. The topological polar surface area (TPSA) is 33.3 Å². The zero-order chi connectivity index (χ0) is 8.97. The Morgan fingerprint density at radius 1 is 1.58 bits per heavy atom. The lowest BCUT2D eigenvalue weighted by atomic mass is 10.2. The highest BCUT2D eigenvalue weighted by Crippen LogP contribution is 2.36. The first-order valence-corrected chi connectivity index (χ1v) is 4.42. The molecule has 1 unspecified atom stereocenters. The maximum absolute atomic E-state index is 5.59. The summed E-state index contributed by atoms with van der Waals surface area (Å²) in [6.45, 7) is 4.52. The van der Waals surface area contributed by atoms with Crippen LogP contribution < -0.4 is 10.6 Å². The molecule has 70 valence electrons. The third kappa shape index (κ3) is 2.50. The lowest BCUT2D eigenvalue weighted by molar-refractivity contribution is 0.0501. The summed E-state index contributed by atoms with van der Waals surface area (Å²) in [6, 6.07) is 0. The van der Waals surface area contributed by atoms with E-state index < -0.39 is 0 Å². The predicted octanol–water partition coefficient (Wildman–Crippen LogP) is 0.692. The number of nitrogens with one attached hydrogen (secondary N) is 2. The van der Waals surface area contributed by atoms with E-state index in [1.54, 1.807) is 0 Å². The van der Waals surface area contributed by atoms with Gasteiger partial charge in [-0.2, -0.15) is 0 Å². The second-order valence-electron chi connectivity index (χ2n) is 3.20. The maximum Gasteiger partial charge on any atom is 0.101 e. The summed E-state index contributed by atoms with van der Waals surface area (Å²) in [6.07, 6.45) is 2.74. The standard InChI is InChI=1S/C9H18N2O/c1-7(11-3)9(8-4-5-8)12-6-10-2/h8-11H,1,4-6H2,2-3H3. The number of likely N-dealkylation sites (N-methyl/N-ethyl adjacent to an activating group) is 1. The van der Waals surface area contributed by atoms with Gasteiger partial charge in [0.1, 0.15) is 6.10 Å². The van der Waals surface area contributed by atoms with Crippen molar-refractivity contribution in [3.05, 3.63) is 12.3 Å². The fraction of sp³-hybridized carbons (Fsp3) is 0.778. The van der Waals surface area contributed by atoms with Crippen LogP contribution >= 0.6 is 0 Å². The first-order chi connectivity index (χ1) is 5.79. The van der Waals surface area contributed by atoms with Crippen LogP contribution in [0.4, 0.5) is 0 Å². The Balaban J connectivity index is 2.32. The van der Waals surface area contributed by atoms with Crippen LogP contribution in [0.25, 0.3) is 0 Å². The summed E-state index contributed by atoms with van der Waals surface area (Å²) in [5, 5.41) is 6.02. The molecule has 0 amide bonds. The van der Waals surface area contributed by atoms with Gasteiger partial charge in [-0.15, -0.1) is 0 Å². The second kappa shape index (κ2) is 4.48. The number of hydrogen-bond donors (Lipinski definition) is 2. The van der Waals surface area contributed by atoms with Gasteiger partial charge in [0.05, 0.1) is 6.73 Å². The molecule has 0 spiro atoms. The van der Waals surface area contributed by atoms with E-state index in [1.807, 2.05) is 14.1 Å². The van der Waals surface area contributed by atoms with E-state index in [9.17, 15) is 0 Å². The van der Waals surface area contributed by atoms with Crippen molar-refractivity contribution >= 4 is 0 Å². The molecular weight excluding hydrogens is 152 g/mol. The quantitative estimate of drug-likeness (QED) is 0.575. The SMILES string of the molecule is C=C(NC)C(OCNC)C1CC1. The van der Waals surface area contributed by atoms with Gasteiger partial charge in [0.25, 0.3) is 0 Å². The maximum atomic E-state index is 5.59. The summed E-state index contributed by atoms with van der Waals surface area (Å²) in [5.74, 6) is 0.693. The molecule has 1 fully saturated rings. The second-order valence-corrected chi connectivity index (χ2v) is 3.20. The molecule has 0 aromatic rings. The van der Waals surface area contributed by atoms with Crippen LogP contribution in [-0.4, -0.2) is 26.9 Å². The van der Waals surface area contributed by atoms with E-state index in [2.05, 4.69) is 17.2 Å². The van der Waals surface area contributed by atoms with E-state index >= 15 is 0 Å². The highest BCUT2D eigenvalue weighted by atomic mass is 16.5. The van der Waals surface area contributed by atoms with Crippen LogP contribution in [0.3, 0.4) is 0 Å². The first kappa shape index (κ1) is 9.55. The highest BCUT2D eigenvalue weighted by molar-refractivity contribution is 5.05. The van der Waals surface area contributed by atoms with Gasteiger partial charge in [0.15, 0.2) is 0 Å². The van der Waals surface area contributed by atoms with Crippen molar-refractivity contribution in [3.63, 3.8) is 0 Å². The van der Waals surface area contributed by atoms with Gasteiger partial charge in [-0.3, -0.25) is 5.32 Å². The fourth-order valence-electron chi connectivity index (χ4n) is 1.24. The number of rotatable bonds is 6. The van der Waals surface area contributed by atoms with Crippen molar-refractivity contribution in [1.29, 1.82) is 0 Å². The molecule has 0 bridgehead atoms. The van der Waals surface area contributed by atoms with Crippen molar-refractivity contribution < 1.29 is 4.74 Å². The third-order valence-electron chi connectivity index (χ3n) is 2.12. The van der Waals surface area contributed by atoms with Gasteiger partial charge in [-0.05, 0) is 25.8 Å². The highest BCUT2D eigenvalue weighted by Gasteiger charge is 2.33. The molecule has 0 radical (unpaired) electrons. The van der Waals surface area contributed by atoms with Crippen LogP contribution in [0.1, 0.15) is 12.8 Å². The summed E-state index contributed by atoms with van der Waals surface area (Å²) < 4.78 is 5.59. The Morgan fingerprint density at radius 2 is 2.25 bits per heavy atom. The molecule has 1 rings (SSSR count). The van der Waals surface area contributed by atoms with Crippen molar-refractivity contribution in [3.8, 4) is 0 Å². The van der Waals surface area contributed by atoms with Crippen LogP contribution in [0.15, 0.2) is 12.3 Å². The molecule has 1 aliphatic carbocycles. The minimum Gasteiger partial charge on any atom is -0.390 e. The van der Waals surface area contributed by atoms with Gasteiger partial charge in [-0.1, -0.05) is 6.58 Å². The molecular formula is C9H18N2O. The van der Waals surface area contributed by atoms with Crippen LogP contribution in [-0.2, 0) is 4.74 Å². The monoisotopic (exact) mass is 170 g/mol. The van der Waals surface area contributed by atoms with Crippen molar-refractivity contribution in [2.75, 3.05) is 20.8 Å². The molecule has 1 aliphatic rings. The average molecular weight is 170 g/mol. The summed E-state index contributed by atoms with van der Waals surface area (Å²) in [5.41, 5.74) is 0.993. The molecule has 3 heteroatoms. The minimum absolute atomic E-state index is 0.197. The summed E-state index contributed by atoms with van der Waals surface area (Å²) in [4.78, 5) is 0. The zero-order valence-electron chi connectivity index (χ0n) is 7.89. The fourth-order valence-corrected chi connectivity index (χ4v) is 1.24. The van der Waals surface area contributed by atoms with Crippen LogP contribution in [0, 0.1) is 5.92 Å². The molecule has 0 saturated heterocycles.